The first-order valence-electron chi connectivity index (χ1n) is 9.54. The van der Waals surface area contributed by atoms with Crippen molar-refractivity contribution in [2.75, 3.05) is 18.4 Å². The molecule has 164 valence electrons. The molecule has 0 bridgehead atoms. The molecule has 3 rings (SSSR count). The molecule has 1 aliphatic heterocycles. The van der Waals surface area contributed by atoms with E-state index in [1.807, 2.05) is 12.1 Å². The summed E-state index contributed by atoms with van der Waals surface area (Å²) in [5, 5.41) is 7.28. The maximum atomic E-state index is 13.3. The van der Waals surface area contributed by atoms with Crippen molar-refractivity contribution in [3.8, 4) is 5.75 Å². The van der Waals surface area contributed by atoms with Gasteiger partial charge >= 0.3 is 12.1 Å². The summed E-state index contributed by atoms with van der Waals surface area (Å²) in [6, 6.07) is 9.84. The second-order valence-corrected chi connectivity index (χ2v) is 7.60. The van der Waals surface area contributed by atoms with Crippen molar-refractivity contribution < 1.29 is 26.7 Å². The van der Waals surface area contributed by atoms with Crippen LogP contribution in [0.4, 0.5) is 27.6 Å². The van der Waals surface area contributed by atoms with Crippen LogP contribution in [0.3, 0.4) is 0 Å². The van der Waals surface area contributed by atoms with E-state index in [1.165, 1.54) is 17.7 Å². The Morgan fingerprint density at radius 1 is 1.03 bits per heavy atom. The standard InChI is InChI=1S/C21H22ClF5N2O/c1-13(20(23,24)21(25,26)27)30-16-5-2-14(3-6-16)12-29-19-17-9-11-28-10-8-15(17)4-7-18(19)22/h2-7,13,28-29H,8-12H2,1H3. The van der Waals surface area contributed by atoms with Gasteiger partial charge in [0.25, 0.3) is 0 Å². The van der Waals surface area contributed by atoms with Gasteiger partial charge < -0.3 is 15.4 Å². The van der Waals surface area contributed by atoms with Crippen molar-refractivity contribution in [1.29, 1.82) is 0 Å². The van der Waals surface area contributed by atoms with Crippen LogP contribution >= 0.6 is 11.6 Å². The van der Waals surface area contributed by atoms with Gasteiger partial charge in [-0.2, -0.15) is 22.0 Å². The van der Waals surface area contributed by atoms with Crippen molar-refractivity contribution >= 4 is 17.3 Å². The van der Waals surface area contributed by atoms with Crippen LogP contribution in [0.15, 0.2) is 36.4 Å². The molecule has 3 nitrogen and oxygen atoms in total. The minimum absolute atomic E-state index is 0.0622. The average molecular weight is 449 g/mol. The van der Waals surface area contributed by atoms with Crippen molar-refractivity contribution in [2.24, 2.45) is 0 Å². The normalized spacial score (nSPS) is 15.8. The van der Waals surface area contributed by atoms with Crippen LogP contribution in [-0.2, 0) is 19.4 Å². The molecule has 1 atom stereocenters. The van der Waals surface area contributed by atoms with Gasteiger partial charge in [-0.15, -0.1) is 0 Å². The van der Waals surface area contributed by atoms with E-state index in [9.17, 15) is 22.0 Å². The number of hydrogen-bond donors (Lipinski definition) is 2. The van der Waals surface area contributed by atoms with Crippen molar-refractivity contribution in [1.82, 2.24) is 5.32 Å². The largest absolute Gasteiger partial charge is 0.484 e. The zero-order valence-electron chi connectivity index (χ0n) is 16.3. The van der Waals surface area contributed by atoms with E-state index in [0.717, 1.165) is 42.7 Å². The fourth-order valence-corrected chi connectivity index (χ4v) is 3.56. The molecule has 0 amide bonds. The number of halogens is 6. The summed E-state index contributed by atoms with van der Waals surface area (Å²) in [4.78, 5) is 0. The molecule has 0 radical (unpaired) electrons. The Hall–Kier alpha value is -2.06. The van der Waals surface area contributed by atoms with Gasteiger partial charge in [-0.3, -0.25) is 0 Å². The van der Waals surface area contributed by atoms with Crippen molar-refractivity contribution in [2.45, 2.75) is 44.5 Å². The monoisotopic (exact) mass is 448 g/mol. The minimum Gasteiger partial charge on any atom is -0.484 e. The van der Waals surface area contributed by atoms with Crippen LogP contribution in [0.1, 0.15) is 23.6 Å². The Morgan fingerprint density at radius 3 is 2.37 bits per heavy atom. The average Bonchev–Trinajstić information content (AvgIpc) is 2.93. The zero-order valence-corrected chi connectivity index (χ0v) is 17.0. The molecule has 1 heterocycles. The maximum absolute atomic E-state index is 13.3. The molecule has 0 saturated heterocycles. The van der Waals surface area contributed by atoms with E-state index in [1.54, 1.807) is 12.1 Å². The third kappa shape index (κ3) is 4.98. The van der Waals surface area contributed by atoms with Crippen molar-refractivity contribution in [3.63, 3.8) is 0 Å². The highest BCUT2D eigenvalue weighted by Crippen LogP contribution is 2.39. The van der Waals surface area contributed by atoms with Crippen LogP contribution < -0.4 is 15.4 Å². The predicted octanol–water partition coefficient (Wildman–Crippen LogP) is 5.61. The highest BCUT2D eigenvalue weighted by molar-refractivity contribution is 6.33. The van der Waals surface area contributed by atoms with Crippen LogP contribution in [0.2, 0.25) is 5.02 Å². The summed E-state index contributed by atoms with van der Waals surface area (Å²) < 4.78 is 68.8. The molecule has 1 unspecified atom stereocenters. The molecule has 0 fully saturated rings. The lowest BCUT2D eigenvalue weighted by molar-refractivity contribution is -0.306. The summed E-state index contributed by atoms with van der Waals surface area (Å²) in [7, 11) is 0. The predicted molar refractivity (Wildman–Crippen MR) is 107 cm³/mol. The number of ether oxygens (including phenoxy) is 1. The molecule has 0 saturated carbocycles. The lowest BCUT2D eigenvalue weighted by Crippen LogP contribution is -2.48. The van der Waals surface area contributed by atoms with Crippen LogP contribution in [0, 0.1) is 0 Å². The van der Waals surface area contributed by atoms with Gasteiger partial charge in [-0.1, -0.05) is 29.8 Å². The summed E-state index contributed by atoms with van der Waals surface area (Å²) >= 11 is 6.38. The number of nitrogens with one attached hydrogen (secondary N) is 2. The quantitative estimate of drug-likeness (QED) is 0.564. The zero-order chi connectivity index (χ0) is 21.9. The first-order chi connectivity index (χ1) is 14.1. The Labute approximate surface area is 176 Å². The number of rotatable bonds is 6. The van der Waals surface area contributed by atoms with Gasteiger partial charge in [0.1, 0.15) is 5.75 Å². The van der Waals surface area contributed by atoms with Crippen molar-refractivity contribution in [3.05, 3.63) is 58.1 Å². The Morgan fingerprint density at radius 2 is 1.70 bits per heavy atom. The van der Waals surface area contributed by atoms with Gasteiger partial charge in [0, 0.05) is 6.54 Å². The van der Waals surface area contributed by atoms with E-state index >= 15 is 0 Å². The second kappa shape index (κ2) is 8.98. The van der Waals surface area contributed by atoms with Gasteiger partial charge in [-0.05, 0) is 67.7 Å². The third-order valence-electron chi connectivity index (χ3n) is 5.08. The van der Waals surface area contributed by atoms with E-state index < -0.39 is 18.2 Å². The SMILES string of the molecule is CC(Oc1ccc(CNc2c(Cl)ccc3c2CCNCC3)cc1)C(F)(F)C(F)(F)F. The number of anilines is 1. The molecule has 0 aromatic heterocycles. The van der Waals surface area contributed by atoms with Gasteiger partial charge in [0.2, 0.25) is 0 Å². The maximum Gasteiger partial charge on any atom is 0.457 e. The number of benzene rings is 2. The summed E-state index contributed by atoms with van der Waals surface area (Å²) in [5.41, 5.74) is 4.06. The Bertz CT molecular complexity index is 871. The topological polar surface area (TPSA) is 33.3 Å². The fraction of sp³-hybridized carbons (Fsp3) is 0.429. The molecular formula is C21H22ClF5N2O. The van der Waals surface area contributed by atoms with E-state index in [4.69, 9.17) is 16.3 Å². The first kappa shape index (κ1) is 22.6. The highest BCUT2D eigenvalue weighted by atomic mass is 35.5. The third-order valence-corrected chi connectivity index (χ3v) is 5.39. The number of hydrogen-bond acceptors (Lipinski definition) is 3. The van der Waals surface area contributed by atoms with Gasteiger partial charge in [0.15, 0.2) is 6.10 Å². The lowest BCUT2D eigenvalue weighted by Gasteiger charge is -2.26. The molecule has 9 heteroatoms. The molecule has 0 spiro atoms. The Kier molecular flexibility index (Phi) is 6.77. The molecule has 2 N–H and O–H groups in total. The van der Waals surface area contributed by atoms with E-state index in [0.29, 0.717) is 18.5 Å². The smallest absolute Gasteiger partial charge is 0.457 e. The molecular weight excluding hydrogens is 427 g/mol. The second-order valence-electron chi connectivity index (χ2n) is 7.19. The van der Waals surface area contributed by atoms with E-state index in [2.05, 4.69) is 10.6 Å². The van der Waals surface area contributed by atoms with Gasteiger partial charge in [0.05, 0.1) is 10.7 Å². The first-order valence-corrected chi connectivity index (χ1v) is 9.92. The van der Waals surface area contributed by atoms with Crippen LogP contribution in [-0.4, -0.2) is 31.3 Å². The molecule has 2 aromatic rings. The summed E-state index contributed by atoms with van der Waals surface area (Å²) in [6.07, 6.45) is -6.25. The number of alkyl halides is 5. The highest BCUT2D eigenvalue weighted by Gasteiger charge is 2.62. The molecule has 2 aromatic carbocycles. The van der Waals surface area contributed by atoms with Crippen LogP contribution in [0.25, 0.3) is 0 Å². The minimum atomic E-state index is -5.67. The molecule has 1 aliphatic rings. The van der Waals surface area contributed by atoms with Crippen LogP contribution in [0.5, 0.6) is 5.75 Å². The molecule has 30 heavy (non-hydrogen) atoms. The summed E-state index contributed by atoms with van der Waals surface area (Å²) in [5.74, 6) is -5.00. The van der Waals surface area contributed by atoms with E-state index in [-0.39, 0.29) is 5.75 Å². The molecule has 0 aliphatic carbocycles. The lowest BCUT2D eigenvalue weighted by atomic mass is 10.0. The Balaban J connectivity index is 1.66. The number of fused-ring (bicyclic) bond motifs is 1. The summed E-state index contributed by atoms with van der Waals surface area (Å²) in [6.45, 7) is 2.87. The van der Waals surface area contributed by atoms with Gasteiger partial charge in [-0.25, -0.2) is 0 Å². The fourth-order valence-electron chi connectivity index (χ4n) is 3.32.